The van der Waals surface area contributed by atoms with Gasteiger partial charge >= 0.3 is 5.97 Å². The molecule has 0 fully saturated rings. The summed E-state index contributed by atoms with van der Waals surface area (Å²) in [5.74, 6) is -0.722. The van der Waals surface area contributed by atoms with Crippen LogP contribution in [0.15, 0.2) is 15.9 Å². The Morgan fingerprint density at radius 2 is 2.40 bits per heavy atom. The predicted molar refractivity (Wildman–Crippen MR) is 65.2 cm³/mol. The van der Waals surface area contributed by atoms with Crippen molar-refractivity contribution in [1.82, 2.24) is 4.90 Å². The highest BCUT2D eigenvalue weighted by Crippen LogP contribution is 2.23. The summed E-state index contributed by atoms with van der Waals surface area (Å²) in [6.45, 7) is 1.69. The largest absolute Gasteiger partial charge is 0.481 e. The van der Waals surface area contributed by atoms with Crippen molar-refractivity contribution in [2.24, 2.45) is 0 Å². The van der Waals surface area contributed by atoms with Crippen LogP contribution in [0.25, 0.3) is 0 Å². The van der Waals surface area contributed by atoms with Crippen LogP contribution >= 0.6 is 27.3 Å². The first-order chi connectivity index (χ1) is 7.09. The number of halogens is 1. The molecule has 0 aromatic carbocycles. The highest BCUT2D eigenvalue weighted by atomic mass is 79.9. The minimum atomic E-state index is -0.722. The number of carboxylic acid groups (broad SMARTS) is 1. The molecule has 3 nitrogen and oxygen atoms in total. The lowest BCUT2D eigenvalue weighted by molar-refractivity contribution is -0.137. The van der Waals surface area contributed by atoms with Crippen LogP contribution in [-0.4, -0.2) is 29.6 Å². The van der Waals surface area contributed by atoms with Gasteiger partial charge in [-0.2, -0.15) is 0 Å². The zero-order valence-electron chi connectivity index (χ0n) is 8.57. The van der Waals surface area contributed by atoms with Crippen molar-refractivity contribution in [1.29, 1.82) is 0 Å². The predicted octanol–water partition coefficient (Wildman–Crippen LogP) is 2.81. The van der Waals surface area contributed by atoms with Gasteiger partial charge in [0.1, 0.15) is 0 Å². The van der Waals surface area contributed by atoms with Gasteiger partial charge in [0.05, 0.1) is 0 Å². The van der Waals surface area contributed by atoms with E-state index in [0.29, 0.717) is 6.42 Å². The molecule has 84 valence electrons. The van der Waals surface area contributed by atoms with E-state index in [4.69, 9.17) is 5.11 Å². The average molecular weight is 292 g/mol. The third-order valence-corrected chi connectivity index (χ3v) is 3.95. The summed E-state index contributed by atoms with van der Waals surface area (Å²) in [5.41, 5.74) is 0. The lowest BCUT2D eigenvalue weighted by Gasteiger charge is -2.15. The Kier molecular flexibility index (Phi) is 5.28. The Morgan fingerprint density at radius 1 is 1.67 bits per heavy atom. The quantitative estimate of drug-likeness (QED) is 0.876. The zero-order valence-corrected chi connectivity index (χ0v) is 11.0. The van der Waals surface area contributed by atoms with E-state index in [9.17, 15) is 4.79 Å². The molecule has 1 rings (SSSR count). The Labute approximate surface area is 102 Å². The molecule has 0 saturated heterocycles. The molecule has 0 bridgehead atoms. The fourth-order valence-electron chi connectivity index (χ4n) is 1.26. The van der Waals surface area contributed by atoms with Crippen molar-refractivity contribution in [3.8, 4) is 0 Å². The molecule has 1 N–H and O–H groups in total. The van der Waals surface area contributed by atoms with Gasteiger partial charge in [0.25, 0.3) is 0 Å². The van der Waals surface area contributed by atoms with Crippen LogP contribution in [0.1, 0.15) is 17.7 Å². The fraction of sp³-hybridized carbons (Fsp3) is 0.500. The van der Waals surface area contributed by atoms with Crippen LogP contribution < -0.4 is 0 Å². The maximum absolute atomic E-state index is 10.3. The molecule has 0 atom stereocenters. The summed E-state index contributed by atoms with van der Waals surface area (Å²) in [7, 11) is 2.01. The third-order valence-electron chi connectivity index (χ3n) is 2.04. The van der Waals surface area contributed by atoms with E-state index >= 15 is 0 Å². The molecule has 5 heteroatoms. The fourth-order valence-corrected chi connectivity index (χ4v) is 2.82. The van der Waals surface area contributed by atoms with E-state index in [1.165, 1.54) is 4.88 Å². The first-order valence-corrected chi connectivity index (χ1v) is 6.39. The van der Waals surface area contributed by atoms with Crippen LogP contribution in [-0.2, 0) is 11.3 Å². The number of hydrogen-bond donors (Lipinski definition) is 1. The standard InChI is InChI=1S/C10H14BrNO2S/c1-12(5-2-3-10(13)14)7-9-8(11)4-6-15-9/h4,6H,2-3,5,7H2,1H3,(H,13,14). The highest BCUT2D eigenvalue weighted by molar-refractivity contribution is 9.10. The van der Waals surface area contributed by atoms with Gasteiger partial charge in [-0.15, -0.1) is 11.3 Å². The first-order valence-electron chi connectivity index (χ1n) is 4.72. The van der Waals surface area contributed by atoms with Gasteiger partial charge in [-0.3, -0.25) is 4.79 Å². The van der Waals surface area contributed by atoms with Crippen molar-refractivity contribution in [2.45, 2.75) is 19.4 Å². The molecular weight excluding hydrogens is 278 g/mol. The first kappa shape index (κ1) is 12.7. The van der Waals surface area contributed by atoms with Crippen LogP contribution in [0.2, 0.25) is 0 Å². The van der Waals surface area contributed by atoms with Gasteiger partial charge in [-0.05, 0) is 47.4 Å². The SMILES string of the molecule is CN(CCCC(=O)O)Cc1sccc1Br. The molecule has 0 aliphatic heterocycles. The normalized spacial score (nSPS) is 10.9. The van der Waals surface area contributed by atoms with E-state index in [0.717, 1.165) is 17.6 Å². The Hall–Kier alpha value is -0.390. The van der Waals surface area contributed by atoms with Crippen LogP contribution in [0.5, 0.6) is 0 Å². The molecule has 0 radical (unpaired) electrons. The molecule has 0 aliphatic rings. The molecule has 0 aliphatic carbocycles. The van der Waals surface area contributed by atoms with Crippen molar-refractivity contribution < 1.29 is 9.90 Å². The number of nitrogens with zero attached hydrogens (tertiary/aromatic N) is 1. The van der Waals surface area contributed by atoms with Gasteiger partial charge < -0.3 is 10.0 Å². The van der Waals surface area contributed by atoms with Gasteiger partial charge in [0.15, 0.2) is 0 Å². The summed E-state index contributed by atoms with van der Waals surface area (Å²) >= 11 is 5.19. The van der Waals surface area contributed by atoms with Crippen LogP contribution in [0.4, 0.5) is 0 Å². The highest BCUT2D eigenvalue weighted by Gasteiger charge is 2.06. The zero-order chi connectivity index (χ0) is 11.3. The van der Waals surface area contributed by atoms with Crippen molar-refractivity contribution in [3.05, 3.63) is 20.8 Å². The second kappa shape index (κ2) is 6.25. The number of thiophene rings is 1. The van der Waals surface area contributed by atoms with E-state index in [-0.39, 0.29) is 6.42 Å². The minimum absolute atomic E-state index is 0.246. The van der Waals surface area contributed by atoms with E-state index < -0.39 is 5.97 Å². The molecule has 1 aromatic rings. The molecule has 0 amide bonds. The Balaban J connectivity index is 2.27. The minimum Gasteiger partial charge on any atom is -0.481 e. The van der Waals surface area contributed by atoms with Crippen molar-refractivity contribution in [3.63, 3.8) is 0 Å². The van der Waals surface area contributed by atoms with Crippen molar-refractivity contribution in [2.75, 3.05) is 13.6 Å². The number of hydrogen-bond acceptors (Lipinski definition) is 3. The topological polar surface area (TPSA) is 40.5 Å². The number of carboxylic acids is 1. The summed E-state index contributed by atoms with van der Waals surface area (Å²) in [6, 6.07) is 2.03. The van der Waals surface area contributed by atoms with Crippen LogP contribution in [0.3, 0.4) is 0 Å². The van der Waals surface area contributed by atoms with Gasteiger partial charge in [0.2, 0.25) is 0 Å². The summed E-state index contributed by atoms with van der Waals surface area (Å²) in [4.78, 5) is 13.8. The lowest BCUT2D eigenvalue weighted by Crippen LogP contribution is -2.19. The lowest BCUT2D eigenvalue weighted by atomic mass is 10.3. The molecule has 0 spiro atoms. The van der Waals surface area contributed by atoms with Gasteiger partial charge in [-0.1, -0.05) is 0 Å². The molecule has 15 heavy (non-hydrogen) atoms. The van der Waals surface area contributed by atoms with E-state index in [2.05, 4.69) is 20.8 Å². The number of rotatable bonds is 6. The molecule has 0 saturated carbocycles. The molecule has 1 heterocycles. The van der Waals surface area contributed by atoms with E-state index in [1.807, 2.05) is 18.5 Å². The molecule has 1 aromatic heterocycles. The van der Waals surface area contributed by atoms with E-state index in [1.54, 1.807) is 11.3 Å². The second-order valence-corrected chi connectivity index (χ2v) is 5.28. The maximum Gasteiger partial charge on any atom is 0.303 e. The molecule has 0 unspecified atom stereocenters. The summed E-state index contributed by atoms with van der Waals surface area (Å²) in [5, 5.41) is 10.5. The average Bonchev–Trinajstić information content (AvgIpc) is 2.51. The van der Waals surface area contributed by atoms with Gasteiger partial charge in [0, 0.05) is 22.3 Å². The third kappa shape index (κ3) is 4.77. The number of aliphatic carboxylic acids is 1. The Morgan fingerprint density at radius 3 is 2.93 bits per heavy atom. The Bertz CT molecular complexity index is 327. The smallest absolute Gasteiger partial charge is 0.303 e. The summed E-state index contributed by atoms with van der Waals surface area (Å²) in [6.07, 6.45) is 0.949. The summed E-state index contributed by atoms with van der Waals surface area (Å²) < 4.78 is 1.14. The monoisotopic (exact) mass is 291 g/mol. The second-order valence-electron chi connectivity index (χ2n) is 3.43. The van der Waals surface area contributed by atoms with Gasteiger partial charge in [-0.25, -0.2) is 0 Å². The van der Waals surface area contributed by atoms with Crippen molar-refractivity contribution >= 4 is 33.2 Å². The maximum atomic E-state index is 10.3. The number of carbonyl (C=O) groups is 1. The molecular formula is C10H14BrNO2S. The van der Waals surface area contributed by atoms with Crippen LogP contribution in [0, 0.1) is 0 Å².